The molecule has 240 valence electrons. The van der Waals surface area contributed by atoms with Crippen LogP contribution in [0.1, 0.15) is 22.3 Å². The first kappa shape index (κ1) is 37.2. The van der Waals surface area contributed by atoms with Crippen LogP contribution in [-0.4, -0.2) is 56.5 Å². The fraction of sp³-hybridized carbons (Fsp3) is 0.368. The number of hydrogen-bond acceptors (Lipinski definition) is 7. The maximum atomic E-state index is 2.26. The van der Waals surface area contributed by atoms with Crippen molar-refractivity contribution in [3.8, 4) is 0 Å². The standard InChI is InChI=1S/C38H46S7/c1-5-13-33(14-6-1)25-39-21-23-44-37(29-41-27-35-17-9-3-10-18-35)31-43-32-38(30-42-28-36-19-11-4-12-20-36)45-24-22-40-26-34-15-7-2-8-16-34/h1-20,37-38H,21-32H2. The Morgan fingerprint density at radius 1 is 0.311 bits per heavy atom. The lowest BCUT2D eigenvalue weighted by atomic mass is 10.2. The van der Waals surface area contributed by atoms with E-state index in [2.05, 4.69) is 204 Å². The number of rotatable bonds is 24. The smallest absolute Gasteiger partial charge is 0.0229 e. The van der Waals surface area contributed by atoms with E-state index in [1.165, 1.54) is 68.3 Å². The lowest BCUT2D eigenvalue weighted by molar-refractivity contribution is 1.11. The zero-order valence-corrected chi connectivity index (χ0v) is 31.8. The molecule has 0 aliphatic carbocycles. The molecule has 0 bridgehead atoms. The molecule has 2 atom stereocenters. The molecule has 0 spiro atoms. The van der Waals surface area contributed by atoms with Crippen molar-refractivity contribution in [3.63, 3.8) is 0 Å². The van der Waals surface area contributed by atoms with Gasteiger partial charge in [-0.3, -0.25) is 0 Å². The van der Waals surface area contributed by atoms with E-state index in [0.717, 1.165) is 23.0 Å². The minimum absolute atomic E-state index is 0.699. The van der Waals surface area contributed by atoms with Crippen LogP contribution in [0.3, 0.4) is 0 Å². The summed E-state index contributed by atoms with van der Waals surface area (Å²) in [5, 5.41) is 1.40. The van der Waals surface area contributed by atoms with Crippen LogP contribution in [0.2, 0.25) is 0 Å². The summed E-state index contributed by atoms with van der Waals surface area (Å²) in [6.45, 7) is 0. The molecule has 2 unspecified atom stereocenters. The van der Waals surface area contributed by atoms with Gasteiger partial charge in [0, 0.05) is 79.5 Å². The molecule has 4 aromatic carbocycles. The molecule has 0 aromatic heterocycles. The summed E-state index contributed by atoms with van der Waals surface area (Å²) in [4.78, 5) is 0. The summed E-state index contributed by atoms with van der Waals surface area (Å²) in [6.07, 6.45) is 0. The molecule has 0 fully saturated rings. The maximum Gasteiger partial charge on any atom is 0.0229 e. The van der Waals surface area contributed by atoms with Gasteiger partial charge in [-0.2, -0.15) is 82.3 Å². The van der Waals surface area contributed by atoms with Gasteiger partial charge in [-0.25, -0.2) is 0 Å². The number of benzene rings is 4. The average molecular weight is 727 g/mol. The van der Waals surface area contributed by atoms with E-state index in [1.54, 1.807) is 0 Å². The zero-order valence-electron chi connectivity index (χ0n) is 26.0. The molecule has 0 aliphatic heterocycles. The first-order valence-corrected chi connectivity index (χ1v) is 23.5. The summed E-state index contributed by atoms with van der Waals surface area (Å²) in [5.41, 5.74) is 5.75. The van der Waals surface area contributed by atoms with Crippen molar-refractivity contribution < 1.29 is 0 Å². The van der Waals surface area contributed by atoms with Crippen molar-refractivity contribution >= 4 is 82.3 Å². The van der Waals surface area contributed by atoms with Gasteiger partial charge in [-0.15, -0.1) is 0 Å². The normalized spacial score (nSPS) is 12.6. The molecule has 0 saturated carbocycles. The Hall–Kier alpha value is -0.670. The molecular formula is C38H46S7. The molecule has 4 aromatic rings. The zero-order chi connectivity index (χ0) is 31.0. The van der Waals surface area contributed by atoms with Gasteiger partial charge < -0.3 is 0 Å². The fourth-order valence-electron chi connectivity index (χ4n) is 4.46. The topological polar surface area (TPSA) is 0 Å². The van der Waals surface area contributed by atoms with Crippen LogP contribution in [0.5, 0.6) is 0 Å². The molecule has 0 saturated heterocycles. The quantitative estimate of drug-likeness (QED) is 0.0651. The molecule has 45 heavy (non-hydrogen) atoms. The van der Waals surface area contributed by atoms with Gasteiger partial charge in [0.15, 0.2) is 0 Å². The molecule has 0 nitrogen and oxygen atoms in total. The first-order valence-electron chi connectivity index (χ1n) is 15.6. The van der Waals surface area contributed by atoms with Gasteiger partial charge in [-0.1, -0.05) is 121 Å². The van der Waals surface area contributed by atoms with E-state index in [4.69, 9.17) is 0 Å². The Morgan fingerprint density at radius 3 is 0.933 bits per heavy atom. The van der Waals surface area contributed by atoms with Gasteiger partial charge in [0.1, 0.15) is 0 Å². The van der Waals surface area contributed by atoms with E-state index >= 15 is 0 Å². The third-order valence-corrected chi connectivity index (χ3v) is 16.4. The maximum absolute atomic E-state index is 2.26. The SMILES string of the molecule is c1ccc(CSCCSC(CSCc2ccccc2)CSCC(CSCc2ccccc2)SCCSCc2ccccc2)cc1. The van der Waals surface area contributed by atoms with Crippen LogP contribution in [0.15, 0.2) is 121 Å². The highest BCUT2D eigenvalue weighted by molar-refractivity contribution is 8.07. The summed E-state index contributed by atoms with van der Waals surface area (Å²) in [6, 6.07) is 43.7. The molecule has 0 amide bonds. The average Bonchev–Trinajstić information content (AvgIpc) is 3.09. The number of thioether (sulfide) groups is 7. The lowest BCUT2D eigenvalue weighted by Crippen LogP contribution is -2.16. The third kappa shape index (κ3) is 17.3. The molecule has 0 heterocycles. The van der Waals surface area contributed by atoms with Crippen LogP contribution in [0.4, 0.5) is 0 Å². The van der Waals surface area contributed by atoms with Gasteiger partial charge in [0.05, 0.1) is 0 Å². The van der Waals surface area contributed by atoms with E-state index < -0.39 is 0 Å². The van der Waals surface area contributed by atoms with Crippen molar-refractivity contribution in [2.75, 3.05) is 46.0 Å². The summed E-state index contributed by atoms with van der Waals surface area (Å²) >= 11 is 15.0. The van der Waals surface area contributed by atoms with Crippen molar-refractivity contribution in [1.82, 2.24) is 0 Å². The van der Waals surface area contributed by atoms with Crippen molar-refractivity contribution in [2.45, 2.75) is 33.5 Å². The predicted molar refractivity (Wildman–Crippen MR) is 220 cm³/mol. The summed E-state index contributed by atoms with van der Waals surface area (Å²) in [5.74, 6) is 14.3. The van der Waals surface area contributed by atoms with Crippen molar-refractivity contribution in [1.29, 1.82) is 0 Å². The van der Waals surface area contributed by atoms with Crippen LogP contribution in [0, 0.1) is 0 Å². The van der Waals surface area contributed by atoms with Crippen LogP contribution in [-0.2, 0) is 23.0 Å². The Kier molecular flexibility index (Phi) is 20.2. The molecule has 4 rings (SSSR count). The second kappa shape index (κ2) is 24.5. The van der Waals surface area contributed by atoms with E-state index in [9.17, 15) is 0 Å². The molecule has 0 aliphatic rings. The second-order valence-corrected chi connectivity index (χ2v) is 18.8. The molecule has 0 N–H and O–H groups in total. The second-order valence-electron chi connectivity index (χ2n) is 10.6. The Bertz CT molecular complexity index is 1140. The minimum atomic E-state index is 0.699. The lowest BCUT2D eigenvalue weighted by Gasteiger charge is -2.20. The van der Waals surface area contributed by atoms with Crippen molar-refractivity contribution in [3.05, 3.63) is 144 Å². The molecular weight excluding hydrogens is 681 g/mol. The third-order valence-electron chi connectivity index (χ3n) is 6.82. The summed E-state index contributed by atoms with van der Waals surface area (Å²) < 4.78 is 0. The molecule has 0 radical (unpaired) electrons. The monoisotopic (exact) mass is 726 g/mol. The fourth-order valence-corrected chi connectivity index (χ4v) is 13.7. The van der Waals surface area contributed by atoms with E-state index in [0.29, 0.717) is 10.5 Å². The van der Waals surface area contributed by atoms with Crippen LogP contribution < -0.4 is 0 Å². The van der Waals surface area contributed by atoms with Gasteiger partial charge in [0.25, 0.3) is 0 Å². The van der Waals surface area contributed by atoms with Gasteiger partial charge >= 0.3 is 0 Å². The van der Waals surface area contributed by atoms with Gasteiger partial charge in [0.2, 0.25) is 0 Å². The van der Waals surface area contributed by atoms with Crippen molar-refractivity contribution in [2.24, 2.45) is 0 Å². The van der Waals surface area contributed by atoms with Crippen LogP contribution in [0.25, 0.3) is 0 Å². The Labute approximate surface area is 303 Å². The predicted octanol–water partition coefficient (Wildman–Crippen LogP) is 11.7. The van der Waals surface area contributed by atoms with Gasteiger partial charge in [-0.05, 0) is 22.3 Å². The number of hydrogen-bond donors (Lipinski definition) is 0. The first-order chi connectivity index (χ1) is 22.3. The highest BCUT2D eigenvalue weighted by atomic mass is 32.2. The van der Waals surface area contributed by atoms with E-state index in [-0.39, 0.29) is 0 Å². The highest BCUT2D eigenvalue weighted by Gasteiger charge is 2.15. The van der Waals surface area contributed by atoms with Crippen LogP contribution >= 0.6 is 82.3 Å². The Balaban J connectivity index is 1.21. The molecule has 7 heteroatoms. The summed E-state index contributed by atoms with van der Waals surface area (Å²) in [7, 11) is 0. The largest absolute Gasteiger partial charge is 0.160 e. The Morgan fingerprint density at radius 2 is 0.600 bits per heavy atom. The minimum Gasteiger partial charge on any atom is -0.160 e. The highest BCUT2D eigenvalue weighted by Crippen LogP contribution is 2.29. The van der Waals surface area contributed by atoms with E-state index in [1.807, 2.05) is 0 Å².